The second-order valence-electron chi connectivity index (χ2n) is 6.94. The van der Waals surface area contributed by atoms with Gasteiger partial charge in [0.15, 0.2) is 0 Å². The number of carbonyl (C=O) groups is 1. The van der Waals surface area contributed by atoms with Gasteiger partial charge in [-0.3, -0.25) is 14.2 Å². The Morgan fingerprint density at radius 1 is 1.07 bits per heavy atom. The van der Waals surface area contributed by atoms with Gasteiger partial charge in [-0.25, -0.2) is 4.98 Å². The van der Waals surface area contributed by atoms with E-state index in [9.17, 15) is 9.59 Å². The van der Waals surface area contributed by atoms with E-state index in [1.54, 1.807) is 24.3 Å². The number of aromatic nitrogens is 2. The summed E-state index contributed by atoms with van der Waals surface area (Å²) in [5, 5.41) is 3.43. The van der Waals surface area contributed by atoms with Crippen LogP contribution < -0.4 is 15.8 Å². The molecule has 8 heteroatoms. The molecule has 30 heavy (non-hydrogen) atoms. The van der Waals surface area contributed by atoms with Crippen molar-refractivity contribution in [2.75, 3.05) is 36.5 Å². The molecule has 0 radical (unpaired) electrons. The van der Waals surface area contributed by atoms with Gasteiger partial charge in [-0.05, 0) is 36.4 Å². The highest BCUT2D eigenvalue weighted by Gasteiger charge is 2.12. The second kappa shape index (κ2) is 9.11. The fourth-order valence-electron chi connectivity index (χ4n) is 3.26. The maximum absolute atomic E-state index is 12.4. The van der Waals surface area contributed by atoms with Crippen molar-refractivity contribution in [3.8, 4) is 11.3 Å². The van der Waals surface area contributed by atoms with E-state index in [0.29, 0.717) is 16.4 Å². The standard InChI is InChI=1S/C22H21ClN4O3/c23-17-3-1-16(2-4-17)20-13-22(29)27(15-24-20)14-21(28)25-18-5-7-19(8-6-18)26-9-11-30-12-10-26/h1-8,13,15H,9-12,14H2,(H,25,28). The lowest BCUT2D eigenvalue weighted by atomic mass is 10.1. The molecule has 1 N–H and O–H groups in total. The number of ether oxygens (including phenoxy) is 1. The van der Waals surface area contributed by atoms with Crippen LogP contribution in [-0.4, -0.2) is 41.8 Å². The third kappa shape index (κ3) is 4.87. The molecule has 0 bridgehead atoms. The average molecular weight is 425 g/mol. The Morgan fingerprint density at radius 2 is 1.77 bits per heavy atom. The molecule has 0 unspecified atom stereocenters. The summed E-state index contributed by atoms with van der Waals surface area (Å²) < 4.78 is 6.64. The number of hydrogen-bond acceptors (Lipinski definition) is 5. The van der Waals surface area contributed by atoms with Crippen LogP contribution in [0.5, 0.6) is 0 Å². The summed E-state index contributed by atoms with van der Waals surface area (Å²) in [5.74, 6) is -0.294. The number of anilines is 2. The highest BCUT2D eigenvalue weighted by Crippen LogP contribution is 2.19. The van der Waals surface area contributed by atoms with Crippen LogP contribution in [-0.2, 0) is 16.1 Å². The van der Waals surface area contributed by atoms with Gasteiger partial charge in [0.1, 0.15) is 6.54 Å². The van der Waals surface area contributed by atoms with Crippen molar-refractivity contribution in [1.82, 2.24) is 9.55 Å². The lowest BCUT2D eigenvalue weighted by Crippen LogP contribution is -2.36. The highest BCUT2D eigenvalue weighted by molar-refractivity contribution is 6.30. The molecule has 1 amide bonds. The summed E-state index contributed by atoms with van der Waals surface area (Å²) in [6.45, 7) is 3.04. The molecule has 0 aliphatic carbocycles. The first-order valence-corrected chi connectivity index (χ1v) is 10.0. The maximum Gasteiger partial charge on any atom is 0.254 e. The van der Waals surface area contributed by atoms with Crippen molar-refractivity contribution in [1.29, 1.82) is 0 Å². The number of amides is 1. The minimum absolute atomic E-state index is 0.113. The number of rotatable bonds is 5. The first-order chi connectivity index (χ1) is 14.6. The zero-order chi connectivity index (χ0) is 20.9. The molecule has 0 saturated carbocycles. The quantitative estimate of drug-likeness (QED) is 0.681. The van der Waals surface area contributed by atoms with E-state index in [4.69, 9.17) is 16.3 Å². The molecule has 0 atom stereocenters. The zero-order valence-corrected chi connectivity index (χ0v) is 17.0. The third-order valence-corrected chi connectivity index (χ3v) is 5.11. The first-order valence-electron chi connectivity index (χ1n) is 9.63. The van der Waals surface area contributed by atoms with Crippen molar-refractivity contribution in [2.24, 2.45) is 0 Å². The Bertz CT molecular complexity index is 1070. The zero-order valence-electron chi connectivity index (χ0n) is 16.3. The van der Waals surface area contributed by atoms with Crippen LogP contribution in [0.2, 0.25) is 5.02 Å². The van der Waals surface area contributed by atoms with E-state index in [2.05, 4.69) is 15.2 Å². The van der Waals surface area contributed by atoms with Crippen molar-refractivity contribution in [2.45, 2.75) is 6.54 Å². The maximum atomic E-state index is 12.4. The molecule has 3 aromatic rings. The van der Waals surface area contributed by atoms with Gasteiger partial charge in [0.2, 0.25) is 5.91 Å². The Kier molecular flexibility index (Phi) is 6.11. The number of morpholine rings is 1. The van der Waals surface area contributed by atoms with E-state index in [1.165, 1.54) is 17.0 Å². The topological polar surface area (TPSA) is 76.5 Å². The van der Waals surface area contributed by atoms with Gasteiger partial charge >= 0.3 is 0 Å². The fourth-order valence-corrected chi connectivity index (χ4v) is 3.38. The van der Waals surface area contributed by atoms with Gasteiger partial charge in [-0.15, -0.1) is 0 Å². The molecule has 4 rings (SSSR count). The minimum atomic E-state index is -0.298. The minimum Gasteiger partial charge on any atom is -0.378 e. The molecule has 1 fully saturated rings. The van der Waals surface area contributed by atoms with Crippen LogP contribution in [0.1, 0.15) is 0 Å². The van der Waals surface area contributed by atoms with E-state index in [1.807, 2.05) is 24.3 Å². The molecule has 154 valence electrons. The molecule has 1 aliphatic rings. The number of carbonyl (C=O) groups excluding carboxylic acids is 1. The van der Waals surface area contributed by atoms with Crippen molar-refractivity contribution in [3.05, 3.63) is 76.3 Å². The average Bonchev–Trinajstić information content (AvgIpc) is 2.77. The van der Waals surface area contributed by atoms with Crippen molar-refractivity contribution >= 4 is 28.9 Å². The summed E-state index contributed by atoms with van der Waals surface area (Å²) in [5.41, 5.74) is 2.79. The van der Waals surface area contributed by atoms with Gasteiger partial charge < -0.3 is 15.0 Å². The van der Waals surface area contributed by atoms with Crippen LogP contribution in [0.25, 0.3) is 11.3 Å². The number of benzene rings is 2. The van der Waals surface area contributed by atoms with Crippen molar-refractivity contribution < 1.29 is 9.53 Å². The number of hydrogen-bond donors (Lipinski definition) is 1. The van der Waals surface area contributed by atoms with E-state index >= 15 is 0 Å². The molecule has 0 spiro atoms. The predicted molar refractivity (Wildman–Crippen MR) is 117 cm³/mol. The molecule has 2 heterocycles. The van der Waals surface area contributed by atoms with Crippen LogP contribution in [0.15, 0.2) is 65.7 Å². The van der Waals surface area contributed by atoms with Crippen molar-refractivity contribution in [3.63, 3.8) is 0 Å². The fraction of sp³-hybridized carbons (Fsp3) is 0.227. The summed E-state index contributed by atoms with van der Waals surface area (Å²) >= 11 is 5.89. The molecule has 2 aromatic carbocycles. The van der Waals surface area contributed by atoms with Crippen LogP contribution in [0.3, 0.4) is 0 Å². The summed E-state index contributed by atoms with van der Waals surface area (Å²) in [6.07, 6.45) is 1.38. The SMILES string of the molecule is O=C(Cn1cnc(-c2ccc(Cl)cc2)cc1=O)Nc1ccc(N2CCOCC2)cc1. The molecule has 1 aromatic heterocycles. The normalized spacial score (nSPS) is 13.8. The highest BCUT2D eigenvalue weighted by atomic mass is 35.5. The number of halogens is 1. The Balaban J connectivity index is 1.39. The predicted octanol–water partition coefficient (Wildman–Crippen LogP) is 3.04. The smallest absolute Gasteiger partial charge is 0.254 e. The lowest BCUT2D eigenvalue weighted by Gasteiger charge is -2.28. The molecular weight excluding hydrogens is 404 g/mol. The van der Waals surface area contributed by atoms with Crippen LogP contribution in [0, 0.1) is 0 Å². The van der Waals surface area contributed by atoms with E-state index < -0.39 is 0 Å². The van der Waals surface area contributed by atoms with Crippen LogP contribution in [0.4, 0.5) is 11.4 Å². The summed E-state index contributed by atoms with van der Waals surface area (Å²) in [7, 11) is 0. The molecular formula is C22H21ClN4O3. The van der Waals surface area contributed by atoms with Gasteiger partial charge in [0.25, 0.3) is 5.56 Å². The molecule has 1 aliphatic heterocycles. The lowest BCUT2D eigenvalue weighted by molar-refractivity contribution is -0.116. The van der Waals surface area contributed by atoms with Gasteiger partial charge in [0.05, 0.1) is 25.2 Å². The second-order valence-corrected chi connectivity index (χ2v) is 7.38. The molecule has 7 nitrogen and oxygen atoms in total. The largest absolute Gasteiger partial charge is 0.378 e. The summed E-state index contributed by atoms with van der Waals surface area (Å²) in [4.78, 5) is 31.3. The van der Waals surface area contributed by atoms with Gasteiger partial charge in [-0.2, -0.15) is 0 Å². The molecule has 1 saturated heterocycles. The number of nitrogens with zero attached hydrogens (tertiary/aromatic N) is 3. The Labute approximate surface area is 178 Å². The Morgan fingerprint density at radius 3 is 2.43 bits per heavy atom. The van der Waals surface area contributed by atoms with Gasteiger partial charge in [-0.1, -0.05) is 23.7 Å². The number of nitrogens with one attached hydrogen (secondary N) is 1. The summed E-state index contributed by atoms with van der Waals surface area (Å²) in [6, 6.07) is 16.1. The first kappa shape index (κ1) is 20.1. The Hall–Kier alpha value is -3.16. The van der Waals surface area contributed by atoms with E-state index in [-0.39, 0.29) is 18.0 Å². The van der Waals surface area contributed by atoms with Crippen LogP contribution >= 0.6 is 11.6 Å². The van der Waals surface area contributed by atoms with E-state index in [0.717, 1.165) is 37.6 Å². The monoisotopic (exact) mass is 424 g/mol. The third-order valence-electron chi connectivity index (χ3n) is 4.86. The van der Waals surface area contributed by atoms with Gasteiger partial charge in [0, 0.05) is 41.1 Å².